The molecule has 0 fully saturated rings. The smallest absolute Gasteiger partial charge is 0.181 e. The molecule has 0 saturated heterocycles. The van der Waals surface area contributed by atoms with Crippen molar-refractivity contribution in [3.63, 3.8) is 0 Å². The largest absolute Gasteiger partial charge is 0.257 e. The second kappa shape index (κ2) is 4.37. The van der Waals surface area contributed by atoms with Gasteiger partial charge in [0.1, 0.15) is 11.5 Å². The summed E-state index contributed by atoms with van der Waals surface area (Å²) >= 11 is 0. The number of pyridine rings is 1. The fourth-order valence-electron chi connectivity index (χ4n) is 1.61. The van der Waals surface area contributed by atoms with E-state index in [1.165, 1.54) is 6.07 Å². The van der Waals surface area contributed by atoms with Crippen LogP contribution in [0.3, 0.4) is 0 Å². The predicted octanol–water partition coefficient (Wildman–Crippen LogP) is 2.67. The maximum atomic E-state index is 12.8. The van der Waals surface area contributed by atoms with Crippen molar-refractivity contribution in [2.45, 2.75) is 0 Å². The van der Waals surface area contributed by atoms with Gasteiger partial charge in [-0.05, 0) is 12.1 Å². The van der Waals surface area contributed by atoms with Crippen LogP contribution in [0.1, 0.15) is 0 Å². The molecule has 0 aliphatic carbocycles. The van der Waals surface area contributed by atoms with E-state index in [1.54, 1.807) is 6.07 Å². The van der Waals surface area contributed by atoms with E-state index in [0.29, 0.717) is 17.3 Å². The summed E-state index contributed by atoms with van der Waals surface area (Å²) in [6.45, 7) is 0. The lowest BCUT2D eigenvalue weighted by Gasteiger charge is -1.94. The minimum Gasteiger partial charge on any atom is -0.257 e. The molecule has 3 rings (SSSR count). The fraction of sp³-hybridized carbons (Fsp3) is 0. The third kappa shape index (κ3) is 1.98. The Hall–Kier alpha value is -2.56. The van der Waals surface area contributed by atoms with E-state index in [0.717, 1.165) is 11.8 Å². The lowest BCUT2D eigenvalue weighted by molar-refractivity contribution is 0.621. The van der Waals surface area contributed by atoms with Crippen molar-refractivity contribution in [2.24, 2.45) is 0 Å². The summed E-state index contributed by atoms with van der Waals surface area (Å²) in [7, 11) is 0. The molecule has 4 nitrogen and oxygen atoms in total. The van der Waals surface area contributed by atoms with Crippen molar-refractivity contribution < 1.29 is 4.39 Å². The Morgan fingerprint density at radius 2 is 1.83 bits per heavy atom. The van der Waals surface area contributed by atoms with Crippen LogP contribution in [0.2, 0.25) is 0 Å². The van der Waals surface area contributed by atoms with E-state index in [9.17, 15) is 4.39 Å². The van der Waals surface area contributed by atoms with Crippen LogP contribution in [0.4, 0.5) is 4.39 Å². The number of aromatic amines is 1. The lowest BCUT2D eigenvalue weighted by atomic mass is 10.2. The Morgan fingerprint density at radius 3 is 2.56 bits per heavy atom. The van der Waals surface area contributed by atoms with Crippen LogP contribution in [0.5, 0.6) is 0 Å². The molecule has 5 heteroatoms. The summed E-state index contributed by atoms with van der Waals surface area (Å²) in [5.74, 6) is 0.743. The van der Waals surface area contributed by atoms with Crippen molar-refractivity contribution in [2.75, 3.05) is 0 Å². The van der Waals surface area contributed by atoms with Gasteiger partial charge in [0.05, 0.1) is 6.20 Å². The van der Waals surface area contributed by atoms with Crippen LogP contribution in [-0.2, 0) is 0 Å². The zero-order valence-electron chi connectivity index (χ0n) is 9.34. The first-order valence-electron chi connectivity index (χ1n) is 5.43. The summed E-state index contributed by atoms with van der Waals surface area (Å²) in [5, 5.41) is 6.91. The molecule has 0 bridgehead atoms. The first-order valence-corrected chi connectivity index (χ1v) is 5.43. The zero-order chi connectivity index (χ0) is 12.4. The van der Waals surface area contributed by atoms with Gasteiger partial charge in [-0.15, -0.1) is 0 Å². The minimum absolute atomic E-state index is 0.374. The minimum atomic E-state index is -0.374. The second-order valence-electron chi connectivity index (χ2n) is 3.74. The molecule has 2 heterocycles. The maximum Gasteiger partial charge on any atom is 0.181 e. The Morgan fingerprint density at radius 1 is 1.00 bits per heavy atom. The number of nitrogens with one attached hydrogen (secondary N) is 1. The molecule has 0 spiro atoms. The van der Waals surface area contributed by atoms with Gasteiger partial charge in [-0.1, -0.05) is 30.3 Å². The first-order chi connectivity index (χ1) is 8.83. The van der Waals surface area contributed by atoms with Crippen LogP contribution in [0, 0.1) is 5.82 Å². The zero-order valence-corrected chi connectivity index (χ0v) is 9.34. The van der Waals surface area contributed by atoms with E-state index in [1.807, 2.05) is 30.3 Å². The molecule has 2 aromatic heterocycles. The number of hydrogen-bond acceptors (Lipinski definition) is 3. The third-order valence-corrected chi connectivity index (χ3v) is 2.49. The van der Waals surface area contributed by atoms with Crippen molar-refractivity contribution in [1.29, 1.82) is 0 Å². The van der Waals surface area contributed by atoms with E-state index in [4.69, 9.17) is 0 Å². The summed E-state index contributed by atoms with van der Waals surface area (Å²) in [6, 6.07) is 12.5. The average molecular weight is 240 g/mol. The molecule has 1 aromatic carbocycles. The fourth-order valence-corrected chi connectivity index (χ4v) is 1.61. The molecular weight excluding hydrogens is 231 g/mol. The number of hydrogen-bond donors (Lipinski definition) is 1. The molecule has 88 valence electrons. The molecule has 0 aliphatic rings. The summed E-state index contributed by atoms with van der Waals surface area (Å²) in [5.41, 5.74) is 1.48. The number of halogens is 1. The van der Waals surface area contributed by atoms with Gasteiger partial charge in [0.2, 0.25) is 0 Å². The topological polar surface area (TPSA) is 54.5 Å². The molecule has 18 heavy (non-hydrogen) atoms. The van der Waals surface area contributed by atoms with Gasteiger partial charge >= 0.3 is 0 Å². The highest BCUT2D eigenvalue weighted by Crippen LogP contribution is 2.18. The third-order valence-electron chi connectivity index (χ3n) is 2.49. The number of rotatable bonds is 2. The van der Waals surface area contributed by atoms with Gasteiger partial charge in [-0.2, -0.15) is 5.10 Å². The van der Waals surface area contributed by atoms with Gasteiger partial charge in [0, 0.05) is 5.56 Å². The van der Waals surface area contributed by atoms with Crippen LogP contribution >= 0.6 is 0 Å². The van der Waals surface area contributed by atoms with Crippen molar-refractivity contribution >= 4 is 0 Å². The summed E-state index contributed by atoms with van der Waals surface area (Å²) < 4.78 is 12.8. The standard InChI is InChI=1S/C13H9FN4/c14-10-6-7-11(15-8-10)13-16-12(17-18-13)9-4-2-1-3-5-9/h1-8H,(H,16,17,18). The van der Waals surface area contributed by atoms with Crippen LogP contribution < -0.4 is 0 Å². The van der Waals surface area contributed by atoms with Crippen LogP contribution in [-0.4, -0.2) is 20.2 Å². The monoisotopic (exact) mass is 240 g/mol. The molecule has 0 radical (unpaired) electrons. The maximum absolute atomic E-state index is 12.8. The van der Waals surface area contributed by atoms with Gasteiger partial charge in [-0.25, -0.2) is 14.4 Å². The Kier molecular flexibility index (Phi) is 2.57. The average Bonchev–Trinajstić information content (AvgIpc) is 2.90. The molecule has 0 atom stereocenters. The molecule has 0 amide bonds. The van der Waals surface area contributed by atoms with Crippen LogP contribution in [0.15, 0.2) is 48.7 Å². The highest BCUT2D eigenvalue weighted by Gasteiger charge is 2.08. The first kappa shape index (κ1) is 10.6. The van der Waals surface area contributed by atoms with Crippen molar-refractivity contribution in [1.82, 2.24) is 20.2 Å². The van der Waals surface area contributed by atoms with E-state index >= 15 is 0 Å². The number of aromatic nitrogens is 4. The molecule has 0 saturated carbocycles. The molecule has 0 aliphatic heterocycles. The van der Waals surface area contributed by atoms with Gasteiger partial charge in [0.15, 0.2) is 11.6 Å². The molecule has 1 N–H and O–H groups in total. The predicted molar refractivity (Wildman–Crippen MR) is 65.0 cm³/mol. The van der Waals surface area contributed by atoms with Crippen molar-refractivity contribution in [3.05, 3.63) is 54.5 Å². The van der Waals surface area contributed by atoms with Crippen molar-refractivity contribution in [3.8, 4) is 22.9 Å². The molecular formula is C13H9FN4. The lowest BCUT2D eigenvalue weighted by Crippen LogP contribution is -1.86. The highest BCUT2D eigenvalue weighted by molar-refractivity contribution is 5.58. The van der Waals surface area contributed by atoms with E-state index in [2.05, 4.69) is 20.2 Å². The quantitative estimate of drug-likeness (QED) is 0.749. The molecule has 3 aromatic rings. The SMILES string of the molecule is Fc1ccc(-c2nc(-c3ccccc3)n[nH]2)nc1. The molecule has 0 unspecified atom stereocenters. The van der Waals surface area contributed by atoms with Gasteiger partial charge in [-0.3, -0.25) is 5.10 Å². The highest BCUT2D eigenvalue weighted by atomic mass is 19.1. The summed E-state index contributed by atoms with van der Waals surface area (Å²) in [6.07, 6.45) is 1.15. The number of H-pyrrole nitrogens is 1. The summed E-state index contributed by atoms with van der Waals surface area (Å²) in [4.78, 5) is 8.28. The van der Waals surface area contributed by atoms with E-state index in [-0.39, 0.29) is 5.82 Å². The van der Waals surface area contributed by atoms with E-state index < -0.39 is 0 Å². The Labute approximate surface area is 103 Å². The normalized spacial score (nSPS) is 10.5. The Balaban J connectivity index is 1.97. The Bertz CT molecular complexity index is 646. The van der Waals surface area contributed by atoms with Gasteiger partial charge in [0.25, 0.3) is 0 Å². The van der Waals surface area contributed by atoms with Crippen LogP contribution in [0.25, 0.3) is 22.9 Å². The number of benzene rings is 1. The van der Waals surface area contributed by atoms with Gasteiger partial charge < -0.3 is 0 Å². The number of nitrogens with zero attached hydrogens (tertiary/aromatic N) is 3. The second-order valence-corrected chi connectivity index (χ2v) is 3.74.